The summed E-state index contributed by atoms with van der Waals surface area (Å²) in [4.78, 5) is 17.9. The summed E-state index contributed by atoms with van der Waals surface area (Å²) < 4.78 is 0. The van der Waals surface area contributed by atoms with Gasteiger partial charge in [-0.2, -0.15) is 0 Å². The average molecular weight is 337 g/mol. The topological polar surface area (TPSA) is 77.5 Å². The van der Waals surface area contributed by atoms with Gasteiger partial charge in [-0.05, 0) is 37.0 Å². The minimum atomic E-state index is -0.592. The van der Waals surface area contributed by atoms with Crippen molar-refractivity contribution in [2.45, 2.75) is 37.8 Å². The monoisotopic (exact) mass is 336 g/mol. The molecule has 1 aliphatic heterocycles. The van der Waals surface area contributed by atoms with E-state index in [1.807, 2.05) is 0 Å². The largest absolute Gasteiger partial charge is 0.365 e. The Kier molecular flexibility index (Phi) is 5.15. The van der Waals surface area contributed by atoms with Gasteiger partial charge in [-0.1, -0.05) is 18.0 Å². The van der Waals surface area contributed by atoms with E-state index in [9.17, 15) is 4.79 Å². The summed E-state index contributed by atoms with van der Waals surface area (Å²) in [5.74, 6) is 0.0845. The first-order valence-electron chi connectivity index (χ1n) is 7.94. The second-order valence-electron chi connectivity index (χ2n) is 6.12. The van der Waals surface area contributed by atoms with Gasteiger partial charge in [-0.3, -0.25) is 14.9 Å². The number of halogens is 1. The van der Waals surface area contributed by atoms with E-state index in [2.05, 4.69) is 15.2 Å². The number of amides is 1. The predicted octanol–water partition coefficient (Wildman–Crippen LogP) is 2.29. The highest BCUT2D eigenvalue weighted by Crippen LogP contribution is 2.29. The molecule has 0 spiro atoms. The summed E-state index contributed by atoms with van der Waals surface area (Å²) in [5, 5.41) is 12.4. The standard InChI is InChI=1S/C16H21ClN4O2/c17-14-8-11(4-5-15(22)20-23)9-18-16(14)19-12-6-7-21(10-12)13-2-1-3-13/h4-5,8-9,12-13,23H,1-3,6-7,10H2,(H,18,19)(H,20,22)/b5-4+/t12-/m1/s1. The van der Waals surface area contributed by atoms with Crippen molar-refractivity contribution in [3.63, 3.8) is 0 Å². The zero-order valence-corrected chi connectivity index (χ0v) is 13.6. The molecule has 0 radical (unpaired) electrons. The lowest BCUT2D eigenvalue weighted by Crippen LogP contribution is -2.39. The van der Waals surface area contributed by atoms with E-state index in [1.54, 1.807) is 18.3 Å². The maximum atomic E-state index is 11.0. The molecular weight excluding hydrogens is 316 g/mol. The van der Waals surface area contributed by atoms with Crippen LogP contribution in [0.2, 0.25) is 5.02 Å². The molecule has 1 aromatic heterocycles. The molecule has 1 saturated heterocycles. The molecule has 1 amide bonds. The highest BCUT2D eigenvalue weighted by atomic mass is 35.5. The van der Waals surface area contributed by atoms with Crippen molar-refractivity contribution in [3.8, 4) is 0 Å². The molecule has 1 aromatic rings. The predicted molar refractivity (Wildman–Crippen MR) is 89.4 cm³/mol. The van der Waals surface area contributed by atoms with E-state index in [4.69, 9.17) is 16.8 Å². The van der Waals surface area contributed by atoms with Crippen molar-refractivity contribution < 1.29 is 10.0 Å². The van der Waals surface area contributed by atoms with E-state index in [0.29, 0.717) is 22.4 Å². The van der Waals surface area contributed by atoms with Crippen LogP contribution in [-0.2, 0) is 4.79 Å². The van der Waals surface area contributed by atoms with Crippen LogP contribution in [0.4, 0.5) is 5.82 Å². The molecule has 0 bridgehead atoms. The number of likely N-dealkylation sites (tertiary alicyclic amines) is 1. The first kappa shape index (κ1) is 16.2. The second-order valence-corrected chi connectivity index (χ2v) is 6.53. The molecule has 1 atom stereocenters. The van der Waals surface area contributed by atoms with Crippen LogP contribution >= 0.6 is 11.6 Å². The molecule has 0 unspecified atom stereocenters. The molecule has 1 aliphatic carbocycles. The normalized spacial score (nSPS) is 22.3. The Balaban J connectivity index is 1.58. The number of aromatic nitrogens is 1. The van der Waals surface area contributed by atoms with Gasteiger partial charge in [-0.15, -0.1) is 0 Å². The molecule has 3 rings (SSSR count). The fraction of sp³-hybridized carbons (Fsp3) is 0.500. The van der Waals surface area contributed by atoms with E-state index in [-0.39, 0.29) is 0 Å². The zero-order chi connectivity index (χ0) is 16.2. The summed E-state index contributed by atoms with van der Waals surface area (Å²) in [6, 6.07) is 2.90. The fourth-order valence-corrected chi connectivity index (χ4v) is 3.27. The van der Waals surface area contributed by atoms with Crippen molar-refractivity contribution in [1.29, 1.82) is 0 Å². The lowest BCUT2D eigenvalue weighted by atomic mass is 9.92. The molecule has 1 saturated carbocycles. The number of hydrogen-bond donors (Lipinski definition) is 3. The first-order valence-corrected chi connectivity index (χ1v) is 8.32. The number of carbonyl (C=O) groups excluding carboxylic acids is 1. The zero-order valence-electron chi connectivity index (χ0n) is 12.8. The van der Waals surface area contributed by atoms with Crippen molar-refractivity contribution in [2.24, 2.45) is 0 Å². The highest BCUT2D eigenvalue weighted by molar-refractivity contribution is 6.33. The highest BCUT2D eigenvalue weighted by Gasteiger charge is 2.31. The third kappa shape index (κ3) is 4.02. The maximum absolute atomic E-state index is 11.0. The molecule has 7 heteroatoms. The Hall–Kier alpha value is -1.63. The van der Waals surface area contributed by atoms with Gasteiger partial charge < -0.3 is 5.32 Å². The summed E-state index contributed by atoms with van der Waals surface area (Å²) in [7, 11) is 0. The number of nitrogens with one attached hydrogen (secondary N) is 2. The molecule has 124 valence electrons. The van der Waals surface area contributed by atoms with E-state index in [0.717, 1.165) is 25.6 Å². The molecule has 6 nitrogen and oxygen atoms in total. The molecular formula is C16H21ClN4O2. The Morgan fingerprint density at radius 1 is 1.43 bits per heavy atom. The Morgan fingerprint density at radius 3 is 2.91 bits per heavy atom. The number of hydroxylamine groups is 1. The van der Waals surface area contributed by atoms with Crippen LogP contribution in [0.15, 0.2) is 18.3 Å². The quantitative estimate of drug-likeness (QED) is 0.437. The van der Waals surface area contributed by atoms with Gasteiger partial charge in [0.25, 0.3) is 5.91 Å². The Morgan fingerprint density at radius 2 is 2.26 bits per heavy atom. The number of anilines is 1. The third-order valence-corrected chi connectivity index (χ3v) is 4.84. The maximum Gasteiger partial charge on any atom is 0.267 e. The Labute approximate surface area is 140 Å². The number of rotatable bonds is 5. The minimum Gasteiger partial charge on any atom is -0.365 e. The van der Waals surface area contributed by atoms with E-state index < -0.39 is 5.91 Å². The lowest BCUT2D eigenvalue weighted by molar-refractivity contribution is -0.124. The summed E-state index contributed by atoms with van der Waals surface area (Å²) in [6.45, 7) is 2.18. The molecule has 23 heavy (non-hydrogen) atoms. The number of pyridine rings is 1. The first-order chi connectivity index (χ1) is 11.2. The smallest absolute Gasteiger partial charge is 0.267 e. The van der Waals surface area contributed by atoms with Gasteiger partial charge in [0.05, 0.1) is 5.02 Å². The summed E-state index contributed by atoms with van der Waals surface area (Å²) in [5.41, 5.74) is 2.24. The van der Waals surface area contributed by atoms with Crippen LogP contribution in [0, 0.1) is 0 Å². The third-order valence-electron chi connectivity index (χ3n) is 4.55. The summed E-state index contributed by atoms with van der Waals surface area (Å²) in [6.07, 6.45) is 9.52. The summed E-state index contributed by atoms with van der Waals surface area (Å²) >= 11 is 6.27. The number of hydrogen-bond acceptors (Lipinski definition) is 5. The minimum absolute atomic E-state index is 0.377. The molecule has 2 fully saturated rings. The second kappa shape index (κ2) is 7.29. The van der Waals surface area contributed by atoms with Crippen molar-refractivity contribution >= 4 is 29.4 Å². The van der Waals surface area contributed by atoms with Crippen molar-refractivity contribution in [1.82, 2.24) is 15.4 Å². The fourth-order valence-electron chi connectivity index (χ4n) is 3.04. The number of carbonyl (C=O) groups is 1. The van der Waals surface area contributed by atoms with Crippen LogP contribution in [-0.4, -0.2) is 46.2 Å². The molecule has 3 N–H and O–H groups in total. The average Bonchev–Trinajstić information content (AvgIpc) is 2.93. The Bertz CT molecular complexity index is 604. The van der Waals surface area contributed by atoms with Gasteiger partial charge >= 0.3 is 0 Å². The van der Waals surface area contributed by atoms with Crippen molar-refractivity contribution in [3.05, 3.63) is 28.9 Å². The van der Waals surface area contributed by atoms with Gasteiger partial charge in [0.15, 0.2) is 0 Å². The van der Waals surface area contributed by atoms with Crippen LogP contribution in [0.5, 0.6) is 0 Å². The molecule has 0 aromatic carbocycles. The van der Waals surface area contributed by atoms with E-state index >= 15 is 0 Å². The van der Waals surface area contributed by atoms with Crippen molar-refractivity contribution in [2.75, 3.05) is 18.4 Å². The van der Waals surface area contributed by atoms with Crippen LogP contribution in [0.3, 0.4) is 0 Å². The SMILES string of the molecule is O=C(/C=C/c1cnc(N[C@@H]2CCN(C3CCC3)C2)c(Cl)c1)NO. The lowest BCUT2D eigenvalue weighted by Gasteiger charge is -2.34. The van der Waals surface area contributed by atoms with Gasteiger partial charge in [-0.25, -0.2) is 10.5 Å². The molecule has 2 heterocycles. The molecule has 2 aliphatic rings. The van der Waals surface area contributed by atoms with Crippen LogP contribution in [0.25, 0.3) is 6.08 Å². The van der Waals surface area contributed by atoms with Gasteiger partial charge in [0.2, 0.25) is 0 Å². The van der Waals surface area contributed by atoms with Crippen LogP contribution in [0.1, 0.15) is 31.2 Å². The van der Waals surface area contributed by atoms with E-state index in [1.165, 1.54) is 30.8 Å². The number of nitrogens with zero attached hydrogens (tertiary/aromatic N) is 2. The van der Waals surface area contributed by atoms with Crippen LogP contribution < -0.4 is 10.8 Å². The van der Waals surface area contributed by atoms with Gasteiger partial charge in [0, 0.05) is 37.4 Å². The van der Waals surface area contributed by atoms with Gasteiger partial charge in [0.1, 0.15) is 5.82 Å².